The predicted octanol–water partition coefficient (Wildman–Crippen LogP) is 4.77. The number of benzene rings is 2. The van der Waals surface area contributed by atoms with Crippen molar-refractivity contribution in [2.45, 2.75) is 19.3 Å². The molecule has 3 aromatic rings. The average Bonchev–Trinajstić information content (AvgIpc) is 2.73. The lowest BCUT2D eigenvalue weighted by Crippen LogP contribution is -2.30. The third-order valence-corrected chi connectivity index (χ3v) is 5.06. The van der Waals surface area contributed by atoms with E-state index in [4.69, 9.17) is 15.0 Å². The lowest BCUT2D eigenvalue weighted by Gasteiger charge is -2.29. The van der Waals surface area contributed by atoms with Gasteiger partial charge in [0.15, 0.2) is 0 Å². The highest BCUT2D eigenvalue weighted by molar-refractivity contribution is 6.05. The van der Waals surface area contributed by atoms with Crippen molar-refractivity contribution < 1.29 is 4.74 Å². The second-order valence-electron chi connectivity index (χ2n) is 6.62. The van der Waals surface area contributed by atoms with Crippen molar-refractivity contribution in [2.75, 3.05) is 25.1 Å². The molecular weight excluding hydrogens is 322 g/mol. The Morgan fingerprint density at radius 1 is 1.04 bits per heavy atom. The number of hydrogen-bond acceptors (Lipinski definition) is 4. The highest BCUT2D eigenvalue weighted by Crippen LogP contribution is 2.39. The molecular formula is C22H21N3O. The minimum absolute atomic E-state index is 0.661. The maximum absolute atomic E-state index is 9.04. The quantitative estimate of drug-likeness (QED) is 0.687. The zero-order valence-electron chi connectivity index (χ0n) is 14.9. The number of methoxy groups -OCH3 is 1. The first-order valence-electron chi connectivity index (χ1n) is 9.03. The summed E-state index contributed by atoms with van der Waals surface area (Å²) in [7, 11) is 1.71. The van der Waals surface area contributed by atoms with Crippen LogP contribution in [0.15, 0.2) is 48.7 Å². The van der Waals surface area contributed by atoms with Crippen LogP contribution in [0.2, 0.25) is 0 Å². The molecule has 0 bridgehead atoms. The zero-order chi connectivity index (χ0) is 17.9. The monoisotopic (exact) mass is 343 g/mol. The highest BCUT2D eigenvalue weighted by Gasteiger charge is 2.19. The summed E-state index contributed by atoms with van der Waals surface area (Å²) in [4.78, 5) is 7.21. The van der Waals surface area contributed by atoms with E-state index in [-0.39, 0.29) is 0 Å². The fourth-order valence-electron chi connectivity index (χ4n) is 3.72. The number of ether oxygens (including phenoxy) is 1. The average molecular weight is 343 g/mol. The fraction of sp³-hybridized carbons (Fsp3) is 0.273. The molecule has 0 atom stereocenters. The summed E-state index contributed by atoms with van der Waals surface area (Å²) in [6.07, 6.45) is 5.65. The standard InChI is InChI=1S/C22H21N3O/c1-26-20-7-5-6-18-19(17-10-8-16(14-23)9-11-17)15-24-22(21(18)20)25-12-3-2-4-13-25/h5-11,15H,2-4,12-13H2,1H3. The number of anilines is 1. The first-order valence-corrected chi connectivity index (χ1v) is 9.03. The van der Waals surface area contributed by atoms with Crippen molar-refractivity contribution in [1.82, 2.24) is 4.98 Å². The SMILES string of the molecule is COc1cccc2c(-c3ccc(C#N)cc3)cnc(N3CCCCC3)c12. The lowest BCUT2D eigenvalue weighted by atomic mass is 9.98. The minimum atomic E-state index is 0.661. The summed E-state index contributed by atoms with van der Waals surface area (Å²) in [6, 6.07) is 16.0. The molecule has 1 aromatic heterocycles. The van der Waals surface area contributed by atoms with Gasteiger partial charge in [0.1, 0.15) is 11.6 Å². The Labute approximate surface area is 153 Å². The van der Waals surface area contributed by atoms with E-state index in [9.17, 15) is 0 Å². The topological polar surface area (TPSA) is 49.1 Å². The fourth-order valence-corrected chi connectivity index (χ4v) is 3.72. The third-order valence-electron chi connectivity index (χ3n) is 5.06. The number of rotatable bonds is 3. The van der Waals surface area contributed by atoms with Gasteiger partial charge in [0, 0.05) is 24.8 Å². The Kier molecular flexibility index (Phi) is 4.45. The molecule has 1 aliphatic rings. The van der Waals surface area contributed by atoms with Gasteiger partial charge in [0.2, 0.25) is 0 Å². The molecule has 130 valence electrons. The number of hydrogen-bond donors (Lipinski definition) is 0. The molecule has 2 heterocycles. The van der Waals surface area contributed by atoms with Crippen LogP contribution >= 0.6 is 0 Å². The van der Waals surface area contributed by atoms with Crippen LogP contribution in [0.4, 0.5) is 5.82 Å². The van der Waals surface area contributed by atoms with Crippen molar-refractivity contribution >= 4 is 16.6 Å². The van der Waals surface area contributed by atoms with E-state index in [1.54, 1.807) is 7.11 Å². The Hall–Kier alpha value is -3.06. The van der Waals surface area contributed by atoms with Crippen LogP contribution in [0.5, 0.6) is 5.75 Å². The van der Waals surface area contributed by atoms with Gasteiger partial charge in [0.05, 0.1) is 24.1 Å². The highest BCUT2D eigenvalue weighted by atomic mass is 16.5. The summed E-state index contributed by atoms with van der Waals surface area (Å²) >= 11 is 0. The Bertz CT molecular complexity index is 967. The molecule has 1 saturated heterocycles. The van der Waals surface area contributed by atoms with E-state index in [1.165, 1.54) is 19.3 Å². The van der Waals surface area contributed by atoms with Gasteiger partial charge in [-0.3, -0.25) is 0 Å². The second kappa shape index (κ2) is 7.05. The second-order valence-corrected chi connectivity index (χ2v) is 6.62. The summed E-state index contributed by atoms with van der Waals surface area (Å²) in [5, 5.41) is 11.2. The Morgan fingerprint density at radius 3 is 2.50 bits per heavy atom. The molecule has 26 heavy (non-hydrogen) atoms. The molecule has 0 saturated carbocycles. The van der Waals surface area contributed by atoms with Crippen molar-refractivity contribution in [3.8, 4) is 22.9 Å². The molecule has 1 aliphatic heterocycles. The van der Waals surface area contributed by atoms with Crippen LogP contribution < -0.4 is 9.64 Å². The molecule has 0 amide bonds. The van der Waals surface area contributed by atoms with Crippen molar-refractivity contribution in [2.24, 2.45) is 0 Å². The maximum Gasteiger partial charge on any atom is 0.140 e. The van der Waals surface area contributed by atoms with Crippen LogP contribution in [-0.4, -0.2) is 25.2 Å². The van der Waals surface area contributed by atoms with E-state index >= 15 is 0 Å². The predicted molar refractivity (Wildman–Crippen MR) is 105 cm³/mol. The number of nitriles is 1. The van der Waals surface area contributed by atoms with Gasteiger partial charge >= 0.3 is 0 Å². The van der Waals surface area contributed by atoms with E-state index < -0.39 is 0 Å². The smallest absolute Gasteiger partial charge is 0.140 e. The number of fused-ring (bicyclic) bond motifs is 1. The molecule has 4 nitrogen and oxygen atoms in total. The lowest BCUT2D eigenvalue weighted by molar-refractivity contribution is 0.419. The van der Waals surface area contributed by atoms with E-state index in [2.05, 4.69) is 17.0 Å². The molecule has 1 fully saturated rings. The molecule has 4 rings (SSSR count). The summed E-state index contributed by atoms with van der Waals surface area (Å²) < 4.78 is 5.68. The number of pyridine rings is 1. The van der Waals surface area contributed by atoms with Gasteiger partial charge in [-0.15, -0.1) is 0 Å². The van der Waals surface area contributed by atoms with Gasteiger partial charge in [-0.25, -0.2) is 4.98 Å². The number of nitrogens with zero attached hydrogens (tertiary/aromatic N) is 3. The van der Waals surface area contributed by atoms with Gasteiger partial charge in [-0.2, -0.15) is 5.26 Å². The van der Waals surface area contributed by atoms with E-state index in [1.807, 2.05) is 42.6 Å². The summed E-state index contributed by atoms with van der Waals surface area (Å²) in [6.45, 7) is 2.08. The van der Waals surface area contributed by atoms with Crippen LogP contribution in [-0.2, 0) is 0 Å². The number of piperidine rings is 1. The molecule has 0 radical (unpaired) electrons. The van der Waals surface area contributed by atoms with Gasteiger partial charge in [0.25, 0.3) is 0 Å². The van der Waals surface area contributed by atoms with Crippen LogP contribution in [0.1, 0.15) is 24.8 Å². The molecule has 0 N–H and O–H groups in total. The van der Waals surface area contributed by atoms with E-state index in [0.29, 0.717) is 5.56 Å². The van der Waals surface area contributed by atoms with Gasteiger partial charge < -0.3 is 9.64 Å². The number of aromatic nitrogens is 1. The van der Waals surface area contributed by atoms with Crippen molar-refractivity contribution in [3.63, 3.8) is 0 Å². The first kappa shape index (κ1) is 16.4. The normalized spacial score (nSPS) is 14.2. The maximum atomic E-state index is 9.04. The summed E-state index contributed by atoms with van der Waals surface area (Å²) in [5.41, 5.74) is 2.78. The van der Waals surface area contributed by atoms with Crippen LogP contribution in [0.25, 0.3) is 21.9 Å². The van der Waals surface area contributed by atoms with E-state index in [0.717, 1.165) is 46.6 Å². The molecule has 0 spiro atoms. The minimum Gasteiger partial charge on any atom is -0.496 e. The molecule has 0 aliphatic carbocycles. The zero-order valence-corrected chi connectivity index (χ0v) is 14.9. The summed E-state index contributed by atoms with van der Waals surface area (Å²) in [5.74, 6) is 1.86. The first-order chi connectivity index (χ1) is 12.8. The Morgan fingerprint density at radius 2 is 1.81 bits per heavy atom. The largest absolute Gasteiger partial charge is 0.496 e. The molecule has 4 heteroatoms. The van der Waals surface area contributed by atoms with Crippen molar-refractivity contribution in [1.29, 1.82) is 5.26 Å². The molecule has 2 aromatic carbocycles. The van der Waals surface area contributed by atoms with Gasteiger partial charge in [-0.05, 0) is 48.4 Å². The van der Waals surface area contributed by atoms with Crippen LogP contribution in [0.3, 0.4) is 0 Å². The van der Waals surface area contributed by atoms with Crippen LogP contribution in [0, 0.1) is 11.3 Å². The van der Waals surface area contributed by atoms with Crippen molar-refractivity contribution in [3.05, 3.63) is 54.2 Å². The molecule has 0 unspecified atom stereocenters. The third kappa shape index (κ3) is 2.86. The Balaban J connectivity index is 1.91. The van der Waals surface area contributed by atoms with Gasteiger partial charge in [-0.1, -0.05) is 24.3 Å².